The minimum Gasteiger partial charge on any atom is -0.319 e. The summed E-state index contributed by atoms with van der Waals surface area (Å²) in [4.78, 5) is 21.4. The van der Waals surface area contributed by atoms with Crippen LogP contribution in [0.1, 0.15) is 19.8 Å². The Labute approximate surface area is 147 Å². The number of hydrogen-bond acceptors (Lipinski definition) is 4. The summed E-state index contributed by atoms with van der Waals surface area (Å²) >= 11 is 0. The SMILES string of the molecule is CC1CN2CCCC2CN1C(=O)Nc1ccc(-c2ncn(C)n2)cc1. The summed E-state index contributed by atoms with van der Waals surface area (Å²) in [5.41, 5.74) is 1.73. The zero-order chi connectivity index (χ0) is 17.4. The molecule has 7 nitrogen and oxygen atoms in total. The van der Waals surface area contributed by atoms with Crippen LogP contribution >= 0.6 is 0 Å². The van der Waals surface area contributed by atoms with Crippen molar-refractivity contribution >= 4 is 11.7 Å². The van der Waals surface area contributed by atoms with Crippen LogP contribution in [0.4, 0.5) is 10.5 Å². The average Bonchev–Trinajstić information content (AvgIpc) is 3.23. The Morgan fingerprint density at radius 2 is 2.04 bits per heavy atom. The van der Waals surface area contributed by atoms with Gasteiger partial charge < -0.3 is 10.2 Å². The number of nitrogens with one attached hydrogen (secondary N) is 1. The maximum absolute atomic E-state index is 12.7. The highest BCUT2D eigenvalue weighted by Crippen LogP contribution is 2.25. The van der Waals surface area contributed by atoms with Crippen LogP contribution in [0.3, 0.4) is 0 Å². The molecule has 2 unspecified atom stereocenters. The van der Waals surface area contributed by atoms with E-state index in [9.17, 15) is 4.79 Å². The van der Waals surface area contributed by atoms with Gasteiger partial charge in [-0.2, -0.15) is 5.10 Å². The molecule has 2 amide bonds. The zero-order valence-electron chi connectivity index (χ0n) is 14.7. The molecule has 2 atom stereocenters. The van der Waals surface area contributed by atoms with Gasteiger partial charge in [-0.3, -0.25) is 9.58 Å². The number of fused-ring (bicyclic) bond motifs is 1. The lowest BCUT2D eigenvalue weighted by atomic mass is 10.1. The molecule has 2 saturated heterocycles. The van der Waals surface area contributed by atoms with E-state index in [1.54, 1.807) is 11.0 Å². The Morgan fingerprint density at radius 3 is 2.76 bits per heavy atom. The molecule has 0 spiro atoms. The minimum atomic E-state index is -0.0113. The van der Waals surface area contributed by atoms with Gasteiger partial charge in [0.25, 0.3) is 0 Å². The van der Waals surface area contributed by atoms with Gasteiger partial charge in [-0.25, -0.2) is 9.78 Å². The van der Waals surface area contributed by atoms with Crippen molar-refractivity contribution in [2.45, 2.75) is 31.8 Å². The van der Waals surface area contributed by atoms with Crippen molar-refractivity contribution in [1.82, 2.24) is 24.6 Å². The van der Waals surface area contributed by atoms with E-state index in [0.29, 0.717) is 11.9 Å². The van der Waals surface area contributed by atoms with Crippen molar-refractivity contribution in [2.24, 2.45) is 7.05 Å². The van der Waals surface area contributed by atoms with Gasteiger partial charge >= 0.3 is 6.03 Å². The largest absolute Gasteiger partial charge is 0.322 e. The summed E-state index contributed by atoms with van der Waals surface area (Å²) in [5.74, 6) is 0.686. The fourth-order valence-corrected chi connectivity index (χ4v) is 3.84. The van der Waals surface area contributed by atoms with E-state index in [-0.39, 0.29) is 12.1 Å². The van der Waals surface area contributed by atoms with E-state index in [2.05, 4.69) is 27.2 Å². The predicted molar refractivity (Wildman–Crippen MR) is 96.2 cm³/mol. The number of carbonyl (C=O) groups is 1. The molecule has 0 aliphatic carbocycles. The molecule has 132 valence electrons. The highest BCUT2D eigenvalue weighted by molar-refractivity contribution is 5.90. The van der Waals surface area contributed by atoms with Gasteiger partial charge in [0.05, 0.1) is 0 Å². The Kier molecular flexibility index (Phi) is 4.17. The van der Waals surface area contributed by atoms with E-state index >= 15 is 0 Å². The number of carbonyl (C=O) groups excluding carboxylic acids is 1. The molecular weight excluding hydrogens is 316 g/mol. The van der Waals surface area contributed by atoms with Crippen molar-refractivity contribution in [3.8, 4) is 11.4 Å². The van der Waals surface area contributed by atoms with Crippen molar-refractivity contribution in [3.05, 3.63) is 30.6 Å². The monoisotopic (exact) mass is 340 g/mol. The van der Waals surface area contributed by atoms with Crippen LogP contribution < -0.4 is 5.32 Å². The number of nitrogens with zero attached hydrogens (tertiary/aromatic N) is 5. The number of amides is 2. The summed E-state index contributed by atoms with van der Waals surface area (Å²) in [5, 5.41) is 7.32. The molecule has 0 saturated carbocycles. The molecular formula is C18H24N6O. The Morgan fingerprint density at radius 1 is 1.24 bits per heavy atom. The standard InChI is InChI=1S/C18H24N6O/c1-13-10-23-9-3-4-16(23)11-24(13)18(25)20-15-7-5-14(6-8-15)17-19-12-22(2)21-17/h5-8,12-13,16H,3-4,9-11H2,1-2H3,(H,20,25). The second kappa shape index (κ2) is 6.48. The highest BCUT2D eigenvalue weighted by Gasteiger charge is 2.36. The summed E-state index contributed by atoms with van der Waals surface area (Å²) in [6, 6.07) is 8.43. The molecule has 2 aromatic rings. The summed E-state index contributed by atoms with van der Waals surface area (Å²) in [7, 11) is 1.84. The van der Waals surface area contributed by atoms with Crippen molar-refractivity contribution in [3.63, 3.8) is 0 Å². The molecule has 1 aromatic carbocycles. The number of rotatable bonds is 2. The number of anilines is 1. The fraction of sp³-hybridized carbons (Fsp3) is 0.500. The lowest BCUT2D eigenvalue weighted by Gasteiger charge is -2.42. The minimum absolute atomic E-state index is 0.0113. The number of benzene rings is 1. The first-order valence-corrected chi connectivity index (χ1v) is 8.88. The van der Waals surface area contributed by atoms with E-state index in [4.69, 9.17) is 0 Å². The van der Waals surface area contributed by atoms with Gasteiger partial charge in [0.2, 0.25) is 0 Å². The fourth-order valence-electron chi connectivity index (χ4n) is 3.84. The molecule has 7 heteroatoms. The van der Waals surface area contributed by atoms with Gasteiger partial charge in [-0.05, 0) is 50.6 Å². The predicted octanol–water partition coefficient (Wildman–Crippen LogP) is 2.18. The van der Waals surface area contributed by atoms with Gasteiger partial charge in [-0.1, -0.05) is 0 Å². The number of piperazine rings is 1. The van der Waals surface area contributed by atoms with Crippen molar-refractivity contribution < 1.29 is 4.79 Å². The van der Waals surface area contributed by atoms with Crippen LogP contribution in [0.5, 0.6) is 0 Å². The topological polar surface area (TPSA) is 66.3 Å². The maximum Gasteiger partial charge on any atom is 0.322 e. The first-order valence-electron chi connectivity index (χ1n) is 8.88. The molecule has 2 fully saturated rings. The normalized spacial score (nSPS) is 23.5. The second-order valence-electron chi connectivity index (χ2n) is 7.04. The van der Waals surface area contributed by atoms with Gasteiger partial charge in [-0.15, -0.1) is 0 Å². The molecule has 1 aromatic heterocycles. The van der Waals surface area contributed by atoms with Crippen molar-refractivity contribution in [1.29, 1.82) is 0 Å². The lowest BCUT2D eigenvalue weighted by molar-refractivity contribution is 0.0861. The Hall–Kier alpha value is -2.41. The molecule has 25 heavy (non-hydrogen) atoms. The molecule has 0 bridgehead atoms. The molecule has 3 heterocycles. The third-order valence-electron chi connectivity index (χ3n) is 5.19. The first kappa shape index (κ1) is 16.1. The molecule has 2 aliphatic heterocycles. The van der Waals surface area contributed by atoms with Crippen molar-refractivity contribution in [2.75, 3.05) is 25.0 Å². The van der Waals surface area contributed by atoms with E-state index in [0.717, 1.165) is 24.3 Å². The third kappa shape index (κ3) is 3.24. The van der Waals surface area contributed by atoms with Crippen LogP contribution in [-0.4, -0.2) is 62.3 Å². The van der Waals surface area contributed by atoms with E-state index in [1.165, 1.54) is 19.4 Å². The molecule has 1 N–H and O–H groups in total. The highest BCUT2D eigenvalue weighted by atomic mass is 16.2. The molecule has 4 rings (SSSR count). The quantitative estimate of drug-likeness (QED) is 0.910. The summed E-state index contributed by atoms with van der Waals surface area (Å²) < 4.78 is 1.68. The van der Waals surface area contributed by atoms with Gasteiger partial charge in [0.15, 0.2) is 5.82 Å². The van der Waals surface area contributed by atoms with Crippen LogP contribution in [0.25, 0.3) is 11.4 Å². The lowest BCUT2D eigenvalue weighted by Crippen LogP contribution is -2.57. The smallest absolute Gasteiger partial charge is 0.319 e. The number of hydrogen-bond donors (Lipinski definition) is 1. The van der Waals surface area contributed by atoms with Crippen LogP contribution in [0.2, 0.25) is 0 Å². The second-order valence-corrected chi connectivity index (χ2v) is 7.04. The number of aryl methyl sites for hydroxylation is 1. The molecule has 2 aliphatic rings. The van der Waals surface area contributed by atoms with Crippen LogP contribution in [0.15, 0.2) is 30.6 Å². The Bertz CT molecular complexity index is 755. The summed E-state index contributed by atoms with van der Waals surface area (Å²) in [6.07, 6.45) is 4.12. The van der Waals surface area contributed by atoms with E-state index in [1.807, 2.05) is 36.2 Å². The maximum atomic E-state index is 12.7. The van der Waals surface area contributed by atoms with Crippen LogP contribution in [-0.2, 0) is 7.05 Å². The zero-order valence-corrected chi connectivity index (χ0v) is 14.7. The number of aromatic nitrogens is 3. The average molecular weight is 340 g/mol. The van der Waals surface area contributed by atoms with Crippen LogP contribution in [0, 0.1) is 0 Å². The Balaban J connectivity index is 1.42. The van der Waals surface area contributed by atoms with Gasteiger partial charge in [0.1, 0.15) is 6.33 Å². The first-order chi connectivity index (χ1) is 12.1. The van der Waals surface area contributed by atoms with Gasteiger partial charge in [0, 0.05) is 43.5 Å². The summed E-state index contributed by atoms with van der Waals surface area (Å²) in [6.45, 7) is 5.10. The molecule has 0 radical (unpaired) electrons. The number of urea groups is 1. The third-order valence-corrected chi connectivity index (χ3v) is 5.19. The van der Waals surface area contributed by atoms with E-state index < -0.39 is 0 Å².